The van der Waals surface area contributed by atoms with Gasteiger partial charge >= 0.3 is 17.8 Å². The average molecular weight is 346 g/mol. The van der Waals surface area contributed by atoms with Gasteiger partial charge in [0.2, 0.25) is 0 Å². The summed E-state index contributed by atoms with van der Waals surface area (Å²) in [5.41, 5.74) is 1.11. The van der Waals surface area contributed by atoms with Crippen molar-refractivity contribution in [1.82, 2.24) is 14.7 Å². The molecule has 0 bridgehead atoms. The summed E-state index contributed by atoms with van der Waals surface area (Å²) in [4.78, 5) is 42.2. The van der Waals surface area contributed by atoms with E-state index in [4.69, 9.17) is 4.74 Å². The van der Waals surface area contributed by atoms with E-state index in [-0.39, 0.29) is 13.2 Å². The van der Waals surface area contributed by atoms with E-state index >= 15 is 0 Å². The first-order valence-electron chi connectivity index (χ1n) is 8.33. The van der Waals surface area contributed by atoms with Crippen LogP contribution in [0.25, 0.3) is 0 Å². The largest absolute Gasteiger partial charge is 0.497 e. The van der Waals surface area contributed by atoms with Crippen molar-refractivity contribution in [2.45, 2.75) is 6.92 Å². The molecular weight excluding hydrogens is 324 g/mol. The first kappa shape index (κ1) is 17.2. The van der Waals surface area contributed by atoms with Crippen LogP contribution in [-0.4, -0.2) is 79.0 Å². The number of urea groups is 1. The summed E-state index contributed by atoms with van der Waals surface area (Å²) >= 11 is 0. The number of hydrogen-bond acceptors (Lipinski definition) is 6. The zero-order valence-electron chi connectivity index (χ0n) is 14.5. The highest BCUT2D eigenvalue weighted by atomic mass is 16.5. The molecule has 1 aromatic carbocycles. The van der Waals surface area contributed by atoms with E-state index in [9.17, 15) is 14.4 Å². The Labute approximate surface area is 146 Å². The molecule has 0 aliphatic carbocycles. The van der Waals surface area contributed by atoms with Crippen LogP contribution in [0.4, 0.5) is 10.5 Å². The van der Waals surface area contributed by atoms with E-state index in [1.54, 1.807) is 14.0 Å². The number of rotatable bonds is 5. The fourth-order valence-corrected chi connectivity index (χ4v) is 3.09. The van der Waals surface area contributed by atoms with Gasteiger partial charge in [0.05, 0.1) is 13.8 Å². The Kier molecular flexibility index (Phi) is 4.89. The van der Waals surface area contributed by atoms with Crippen molar-refractivity contribution in [3.63, 3.8) is 0 Å². The topological polar surface area (TPSA) is 73.4 Å². The molecule has 0 spiro atoms. The molecule has 4 amide bonds. The zero-order chi connectivity index (χ0) is 18.0. The van der Waals surface area contributed by atoms with Crippen molar-refractivity contribution in [2.75, 3.05) is 51.4 Å². The summed E-state index contributed by atoms with van der Waals surface area (Å²) in [5, 5.41) is 0. The number of nitrogens with zero attached hydrogens (tertiary/aromatic N) is 4. The quantitative estimate of drug-likeness (QED) is 0.574. The Morgan fingerprint density at radius 2 is 1.52 bits per heavy atom. The molecule has 8 heteroatoms. The van der Waals surface area contributed by atoms with Gasteiger partial charge in [-0.3, -0.25) is 19.4 Å². The van der Waals surface area contributed by atoms with Crippen molar-refractivity contribution in [1.29, 1.82) is 0 Å². The molecule has 0 saturated carbocycles. The number of likely N-dealkylation sites (N-methyl/N-ethyl adjacent to an activating group) is 1. The Bertz CT molecular complexity index is 668. The smallest absolute Gasteiger partial charge is 0.335 e. The number of methoxy groups -OCH3 is 1. The van der Waals surface area contributed by atoms with Crippen LogP contribution < -0.4 is 9.64 Å². The van der Waals surface area contributed by atoms with E-state index in [1.165, 1.54) is 0 Å². The van der Waals surface area contributed by atoms with Gasteiger partial charge in [-0.05, 0) is 31.2 Å². The number of piperazine rings is 1. The average Bonchev–Trinajstić information content (AvgIpc) is 2.85. The van der Waals surface area contributed by atoms with Crippen molar-refractivity contribution in [3.8, 4) is 5.75 Å². The number of hydrogen-bond donors (Lipinski definition) is 0. The number of ether oxygens (including phenoxy) is 1. The van der Waals surface area contributed by atoms with Crippen LogP contribution in [0, 0.1) is 0 Å². The molecule has 2 aliphatic rings. The molecule has 2 fully saturated rings. The third-order valence-electron chi connectivity index (χ3n) is 4.60. The number of imide groups is 2. The molecule has 0 unspecified atom stereocenters. The molecule has 3 rings (SSSR count). The fourth-order valence-electron chi connectivity index (χ4n) is 3.09. The van der Waals surface area contributed by atoms with Crippen molar-refractivity contribution >= 4 is 23.5 Å². The number of carbonyl (C=O) groups is 3. The molecule has 2 heterocycles. The summed E-state index contributed by atoms with van der Waals surface area (Å²) < 4.78 is 5.17. The highest BCUT2D eigenvalue weighted by molar-refractivity contribution is 6.44. The second kappa shape index (κ2) is 7.10. The number of anilines is 1. The molecule has 0 atom stereocenters. The molecule has 134 valence electrons. The highest BCUT2D eigenvalue weighted by Gasteiger charge is 2.44. The Morgan fingerprint density at radius 1 is 0.920 bits per heavy atom. The summed E-state index contributed by atoms with van der Waals surface area (Å²) in [6.07, 6.45) is 0. The van der Waals surface area contributed by atoms with Gasteiger partial charge in [0, 0.05) is 38.4 Å². The lowest BCUT2D eigenvalue weighted by molar-refractivity contribution is -0.143. The van der Waals surface area contributed by atoms with Gasteiger partial charge in [-0.1, -0.05) is 0 Å². The summed E-state index contributed by atoms with van der Waals surface area (Å²) in [6.45, 7) is 5.05. The van der Waals surface area contributed by atoms with Gasteiger partial charge in [-0.25, -0.2) is 9.69 Å². The van der Waals surface area contributed by atoms with Crippen molar-refractivity contribution in [2.24, 2.45) is 0 Å². The lowest BCUT2D eigenvalue weighted by Crippen LogP contribution is -2.51. The second-order valence-electron chi connectivity index (χ2n) is 6.01. The third-order valence-corrected chi connectivity index (χ3v) is 4.60. The van der Waals surface area contributed by atoms with E-state index in [1.807, 2.05) is 29.2 Å². The predicted molar refractivity (Wildman–Crippen MR) is 91.3 cm³/mol. The second-order valence-corrected chi connectivity index (χ2v) is 6.01. The Morgan fingerprint density at radius 3 is 2.04 bits per heavy atom. The maximum absolute atomic E-state index is 12.1. The summed E-state index contributed by atoms with van der Waals surface area (Å²) in [6, 6.07) is 7.36. The van der Waals surface area contributed by atoms with Crippen LogP contribution in [0.15, 0.2) is 24.3 Å². The minimum Gasteiger partial charge on any atom is -0.497 e. The number of benzene rings is 1. The minimum absolute atomic E-state index is 0.163. The van der Waals surface area contributed by atoms with Gasteiger partial charge < -0.3 is 9.64 Å². The first-order chi connectivity index (χ1) is 12.0. The van der Waals surface area contributed by atoms with Gasteiger partial charge in [0.1, 0.15) is 5.75 Å². The van der Waals surface area contributed by atoms with E-state index in [0.29, 0.717) is 13.1 Å². The van der Waals surface area contributed by atoms with Gasteiger partial charge in [0.25, 0.3) is 0 Å². The summed E-state index contributed by atoms with van der Waals surface area (Å²) in [5.74, 6) is -0.646. The van der Waals surface area contributed by atoms with Crippen molar-refractivity contribution in [3.05, 3.63) is 24.3 Å². The standard InChI is InChI=1S/C17H22N4O4/c1-3-20-15(22)16(23)21(17(20)24)12-18-8-10-19(11-9-18)13-4-6-14(25-2)7-5-13/h4-7H,3,8-12H2,1-2H3. The van der Waals surface area contributed by atoms with Crippen LogP contribution >= 0.6 is 0 Å². The molecule has 0 radical (unpaired) electrons. The maximum Gasteiger partial charge on any atom is 0.335 e. The van der Waals surface area contributed by atoms with E-state index in [0.717, 1.165) is 34.3 Å². The highest BCUT2D eigenvalue weighted by Crippen LogP contribution is 2.21. The molecule has 2 saturated heterocycles. The van der Waals surface area contributed by atoms with Gasteiger partial charge in [-0.2, -0.15) is 0 Å². The van der Waals surface area contributed by atoms with Crippen LogP contribution in [0.2, 0.25) is 0 Å². The third kappa shape index (κ3) is 3.30. The molecule has 2 aliphatic heterocycles. The van der Waals surface area contributed by atoms with E-state index in [2.05, 4.69) is 4.90 Å². The number of amides is 4. The van der Waals surface area contributed by atoms with Gasteiger partial charge in [0.15, 0.2) is 0 Å². The molecule has 0 N–H and O–H groups in total. The molecule has 8 nitrogen and oxygen atoms in total. The van der Waals surface area contributed by atoms with Crippen molar-refractivity contribution < 1.29 is 19.1 Å². The maximum atomic E-state index is 12.1. The monoisotopic (exact) mass is 346 g/mol. The SMILES string of the molecule is CCN1C(=O)C(=O)N(CN2CCN(c3ccc(OC)cc3)CC2)C1=O. The minimum atomic E-state index is -0.732. The predicted octanol–water partition coefficient (Wildman–Crippen LogP) is 0.585. The normalized spacial score (nSPS) is 19.1. The molecule has 1 aromatic rings. The van der Waals surface area contributed by atoms with Crippen LogP contribution in [0.3, 0.4) is 0 Å². The Balaban J connectivity index is 1.56. The van der Waals surface area contributed by atoms with Crippen LogP contribution in [-0.2, 0) is 9.59 Å². The van der Waals surface area contributed by atoms with E-state index < -0.39 is 17.8 Å². The lowest BCUT2D eigenvalue weighted by Gasteiger charge is -2.37. The molecular formula is C17H22N4O4. The lowest BCUT2D eigenvalue weighted by atomic mass is 10.2. The Hall–Kier alpha value is -2.61. The van der Waals surface area contributed by atoms with Crippen LogP contribution in [0.5, 0.6) is 5.75 Å². The van der Waals surface area contributed by atoms with Crippen LogP contribution in [0.1, 0.15) is 6.92 Å². The fraction of sp³-hybridized carbons (Fsp3) is 0.471. The zero-order valence-corrected chi connectivity index (χ0v) is 14.5. The molecule has 25 heavy (non-hydrogen) atoms. The van der Waals surface area contributed by atoms with Gasteiger partial charge in [-0.15, -0.1) is 0 Å². The first-order valence-corrected chi connectivity index (χ1v) is 8.33. The number of carbonyl (C=O) groups excluding carboxylic acids is 3. The summed E-state index contributed by atoms with van der Waals surface area (Å²) in [7, 11) is 1.64. The molecule has 0 aromatic heterocycles.